The average molecular weight is 344 g/mol. The van der Waals surface area contributed by atoms with Gasteiger partial charge in [0.05, 0.1) is 5.02 Å². The predicted octanol–water partition coefficient (Wildman–Crippen LogP) is 3.83. The number of carbonyl (C=O) groups is 1. The Balaban J connectivity index is 2.35. The Morgan fingerprint density at radius 3 is 2.43 bits per heavy atom. The molecule has 0 unspecified atom stereocenters. The second kappa shape index (κ2) is 6.05. The van der Waals surface area contributed by atoms with Gasteiger partial charge in [0, 0.05) is 21.9 Å². The topological polar surface area (TPSA) is 63.2 Å². The lowest BCUT2D eigenvalue weighted by Crippen LogP contribution is -2.13. The van der Waals surface area contributed by atoms with Gasteiger partial charge in [-0.15, -0.1) is 0 Å². The smallest absolute Gasteiger partial charge is 0.262 e. The van der Waals surface area contributed by atoms with Crippen LogP contribution in [0.3, 0.4) is 0 Å². The molecule has 0 aliphatic rings. The quantitative estimate of drug-likeness (QED) is 0.861. The maximum absolute atomic E-state index is 12.2. The van der Waals surface area contributed by atoms with Crippen LogP contribution in [0.5, 0.6) is 0 Å². The maximum Gasteiger partial charge on any atom is 0.262 e. The number of hydrogen-bond donors (Lipinski definition) is 1. The summed E-state index contributed by atoms with van der Waals surface area (Å²) in [4.78, 5) is 11.9. The molecule has 1 amide bonds. The summed E-state index contributed by atoms with van der Waals surface area (Å²) in [5, 5.41) is 2.67. The van der Waals surface area contributed by atoms with Crippen molar-refractivity contribution in [2.45, 2.75) is 11.8 Å². The van der Waals surface area contributed by atoms with Crippen LogP contribution < -0.4 is 5.32 Å². The Hall–Kier alpha value is -1.56. The van der Waals surface area contributed by atoms with Crippen LogP contribution in [-0.4, -0.2) is 14.3 Å². The van der Waals surface area contributed by atoms with Gasteiger partial charge in [-0.1, -0.05) is 29.8 Å². The Labute approximate surface area is 132 Å². The summed E-state index contributed by atoms with van der Waals surface area (Å²) >= 11 is 5.78. The van der Waals surface area contributed by atoms with Gasteiger partial charge in [0.2, 0.25) is 0 Å². The molecule has 110 valence electrons. The molecule has 0 aliphatic heterocycles. The third kappa shape index (κ3) is 3.75. The highest BCUT2D eigenvalue weighted by molar-refractivity contribution is 8.13. The minimum Gasteiger partial charge on any atom is -0.322 e. The number of hydrogen-bond acceptors (Lipinski definition) is 3. The van der Waals surface area contributed by atoms with Crippen molar-refractivity contribution in [2.75, 3.05) is 5.32 Å². The number of rotatable bonds is 3. The molecule has 0 aromatic heterocycles. The molecular formula is C14H11Cl2NO3S. The van der Waals surface area contributed by atoms with E-state index < -0.39 is 15.0 Å². The summed E-state index contributed by atoms with van der Waals surface area (Å²) in [5.74, 6) is -0.442. The number of halogens is 2. The zero-order valence-electron chi connectivity index (χ0n) is 10.9. The van der Waals surface area contributed by atoms with Crippen LogP contribution >= 0.6 is 22.3 Å². The van der Waals surface area contributed by atoms with Gasteiger partial charge < -0.3 is 5.32 Å². The van der Waals surface area contributed by atoms with E-state index in [1.807, 2.05) is 19.1 Å². The minimum atomic E-state index is -4.01. The second-order valence-electron chi connectivity index (χ2n) is 4.35. The summed E-state index contributed by atoms with van der Waals surface area (Å²) < 4.78 is 22.8. The van der Waals surface area contributed by atoms with Crippen molar-refractivity contribution in [3.05, 3.63) is 58.6 Å². The Morgan fingerprint density at radius 1 is 1.14 bits per heavy atom. The van der Waals surface area contributed by atoms with Crippen molar-refractivity contribution in [1.29, 1.82) is 0 Å². The van der Waals surface area contributed by atoms with E-state index in [2.05, 4.69) is 5.32 Å². The molecule has 1 N–H and O–H groups in total. The largest absolute Gasteiger partial charge is 0.322 e. The molecular weight excluding hydrogens is 333 g/mol. The molecule has 0 radical (unpaired) electrons. The number of anilines is 1. The summed E-state index contributed by atoms with van der Waals surface area (Å²) in [5.41, 5.74) is 1.69. The molecule has 7 heteroatoms. The van der Waals surface area contributed by atoms with Gasteiger partial charge in [-0.3, -0.25) is 4.79 Å². The van der Waals surface area contributed by atoms with Crippen LogP contribution in [0.4, 0.5) is 5.69 Å². The van der Waals surface area contributed by atoms with E-state index in [0.717, 1.165) is 11.6 Å². The molecule has 0 aliphatic carbocycles. The molecule has 0 bridgehead atoms. The van der Waals surface area contributed by atoms with E-state index >= 15 is 0 Å². The SMILES string of the molecule is Cc1ccccc1NC(=O)c1ccc(Cl)c(S(=O)(=O)Cl)c1. The lowest BCUT2D eigenvalue weighted by Gasteiger charge is -2.09. The fourth-order valence-electron chi connectivity index (χ4n) is 1.74. The molecule has 4 nitrogen and oxygen atoms in total. The fraction of sp³-hybridized carbons (Fsp3) is 0.0714. The van der Waals surface area contributed by atoms with Crippen molar-refractivity contribution in [1.82, 2.24) is 0 Å². The molecule has 0 saturated carbocycles. The van der Waals surface area contributed by atoms with Crippen LogP contribution in [-0.2, 0) is 9.05 Å². The van der Waals surface area contributed by atoms with Crippen LogP contribution in [0, 0.1) is 6.92 Å². The third-order valence-corrected chi connectivity index (χ3v) is 4.65. The molecule has 0 saturated heterocycles. The zero-order chi connectivity index (χ0) is 15.6. The van der Waals surface area contributed by atoms with Crippen molar-refractivity contribution < 1.29 is 13.2 Å². The number of carbonyl (C=O) groups excluding carboxylic acids is 1. The van der Waals surface area contributed by atoms with Crippen molar-refractivity contribution in [3.8, 4) is 0 Å². The molecule has 2 rings (SSSR count). The first kappa shape index (κ1) is 15.8. The molecule has 0 heterocycles. The molecule has 21 heavy (non-hydrogen) atoms. The summed E-state index contributed by atoms with van der Waals surface area (Å²) in [6, 6.07) is 11.2. The molecule has 2 aromatic carbocycles. The van der Waals surface area contributed by atoms with E-state index in [1.165, 1.54) is 12.1 Å². The maximum atomic E-state index is 12.2. The van der Waals surface area contributed by atoms with Crippen LogP contribution in [0.25, 0.3) is 0 Å². The van der Waals surface area contributed by atoms with Crippen LogP contribution in [0.15, 0.2) is 47.4 Å². The third-order valence-electron chi connectivity index (χ3n) is 2.85. The standard InChI is InChI=1S/C14H11Cl2NO3S/c1-9-4-2-3-5-12(9)17-14(18)10-6-7-11(15)13(8-10)21(16,19)20/h2-8H,1H3,(H,17,18). The normalized spacial score (nSPS) is 11.2. The van der Waals surface area contributed by atoms with Crippen molar-refractivity contribution >= 4 is 42.9 Å². The summed E-state index contributed by atoms with van der Waals surface area (Å²) in [6.45, 7) is 1.85. The first-order valence-corrected chi connectivity index (χ1v) is 8.59. The highest BCUT2D eigenvalue weighted by Crippen LogP contribution is 2.26. The fourth-order valence-corrected chi connectivity index (χ4v) is 3.23. The molecule has 0 spiro atoms. The second-order valence-corrected chi connectivity index (χ2v) is 7.29. The number of nitrogens with one attached hydrogen (secondary N) is 1. The Bertz CT molecular complexity index is 804. The van der Waals surface area contributed by atoms with E-state index in [-0.39, 0.29) is 15.5 Å². The zero-order valence-corrected chi connectivity index (χ0v) is 13.3. The van der Waals surface area contributed by atoms with E-state index in [1.54, 1.807) is 12.1 Å². The van der Waals surface area contributed by atoms with Gasteiger partial charge >= 0.3 is 0 Å². The minimum absolute atomic E-state index is 0.0301. The number of benzene rings is 2. The molecule has 0 atom stereocenters. The summed E-state index contributed by atoms with van der Waals surface area (Å²) in [6.07, 6.45) is 0. The van der Waals surface area contributed by atoms with E-state index in [9.17, 15) is 13.2 Å². The highest BCUT2D eigenvalue weighted by atomic mass is 35.7. The first-order valence-electron chi connectivity index (χ1n) is 5.90. The lowest BCUT2D eigenvalue weighted by molar-refractivity contribution is 0.102. The Morgan fingerprint density at radius 2 is 1.81 bits per heavy atom. The van der Waals surface area contributed by atoms with Gasteiger partial charge in [0.1, 0.15) is 4.90 Å². The monoisotopic (exact) mass is 343 g/mol. The number of amides is 1. The predicted molar refractivity (Wildman–Crippen MR) is 83.6 cm³/mol. The van der Waals surface area contributed by atoms with Gasteiger partial charge in [-0.05, 0) is 36.8 Å². The molecule has 2 aromatic rings. The van der Waals surface area contributed by atoms with E-state index in [4.69, 9.17) is 22.3 Å². The first-order chi connectivity index (χ1) is 9.79. The number of aryl methyl sites for hydroxylation is 1. The Kier molecular flexibility index (Phi) is 4.56. The van der Waals surface area contributed by atoms with Crippen LogP contribution in [0.2, 0.25) is 5.02 Å². The van der Waals surface area contributed by atoms with Gasteiger partial charge in [0.15, 0.2) is 0 Å². The molecule has 0 fully saturated rings. The van der Waals surface area contributed by atoms with Crippen LogP contribution in [0.1, 0.15) is 15.9 Å². The lowest BCUT2D eigenvalue weighted by atomic mass is 10.1. The summed E-state index contributed by atoms with van der Waals surface area (Å²) in [7, 11) is 1.27. The van der Waals surface area contributed by atoms with Gasteiger partial charge in [-0.25, -0.2) is 8.42 Å². The van der Waals surface area contributed by atoms with Gasteiger partial charge in [-0.2, -0.15) is 0 Å². The highest BCUT2D eigenvalue weighted by Gasteiger charge is 2.18. The van der Waals surface area contributed by atoms with Crippen molar-refractivity contribution in [3.63, 3.8) is 0 Å². The van der Waals surface area contributed by atoms with Gasteiger partial charge in [0.25, 0.3) is 15.0 Å². The van der Waals surface area contributed by atoms with Crippen molar-refractivity contribution in [2.24, 2.45) is 0 Å². The number of para-hydroxylation sites is 1. The van der Waals surface area contributed by atoms with E-state index in [0.29, 0.717) is 5.69 Å². The average Bonchev–Trinajstić information content (AvgIpc) is 2.40.